The van der Waals surface area contributed by atoms with Gasteiger partial charge in [0.25, 0.3) is 0 Å². The molecular weight excluding hydrogens is 176 g/mol. The average Bonchev–Trinajstić information content (AvgIpc) is 2.02. The van der Waals surface area contributed by atoms with Crippen LogP contribution in [0.5, 0.6) is 5.75 Å². The molecule has 0 bridgehead atoms. The van der Waals surface area contributed by atoms with E-state index >= 15 is 0 Å². The van der Waals surface area contributed by atoms with Gasteiger partial charge in [0, 0.05) is 11.8 Å². The van der Waals surface area contributed by atoms with E-state index in [-0.39, 0.29) is 16.9 Å². The van der Waals surface area contributed by atoms with Crippen molar-refractivity contribution in [2.75, 3.05) is 0 Å². The number of hydrogen-bond acceptors (Lipinski definition) is 2. The van der Waals surface area contributed by atoms with Crippen LogP contribution in [0.25, 0.3) is 0 Å². The average molecular weight is 192 g/mol. The highest BCUT2D eigenvalue weighted by Gasteiger charge is 2.24. The Hall–Kier alpha value is -1.31. The second-order valence-corrected chi connectivity index (χ2v) is 4.28. The number of benzene rings is 1. The molecule has 0 saturated carbocycles. The van der Waals surface area contributed by atoms with Gasteiger partial charge in [0.05, 0.1) is 0 Å². The van der Waals surface area contributed by atoms with Crippen LogP contribution in [0.15, 0.2) is 24.3 Å². The molecular formula is C12H16O2. The van der Waals surface area contributed by atoms with Gasteiger partial charge in [-0.3, -0.25) is 4.79 Å². The predicted molar refractivity (Wildman–Crippen MR) is 56.4 cm³/mol. The lowest BCUT2D eigenvalue weighted by Crippen LogP contribution is -2.20. The van der Waals surface area contributed by atoms with Gasteiger partial charge in [-0.1, -0.05) is 32.0 Å². The first-order chi connectivity index (χ1) is 6.43. The third kappa shape index (κ3) is 2.34. The normalized spacial score (nSPS) is 11.4. The Morgan fingerprint density at radius 3 is 2.43 bits per heavy atom. The monoisotopic (exact) mass is 192 g/mol. The van der Waals surface area contributed by atoms with Gasteiger partial charge in [0.1, 0.15) is 11.5 Å². The van der Waals surface area contributed by atoms with Gasteiger partial charge in [0.15, 0.2) is 0 Å². The van der Waals surface area contributed by atoms with Crippen molar-refractivity contribution in [3.8, 4) is 5.75 Å². The number of phenols is 1. The third-order valence-electron chi connectivity index (χ3n) is 2.32. The summed E-state index contributed by atoms with van der Waals surface area (Å²) in [5.74, 6) is 0.400. The smallest absolute Gasteiger partial charge is 0.130 e. The summed E-state index contributed by atoms with van der Waals surface area (Å²) >= 11 is 0. The van der Waals surface area contributed by atoms with E-state index in [1.165, 1.54) is 0 Å². The molecule has 1 N–H and O–H groups in total. The number of para-hydroxylation sites is 1. The van der Waals surface area contributed by atoms with Gasteiger partial charge >= 0.3 is 0 Å². The molecule has 0 unspecified atom stereocenters. The molecule has 0 aromatic heterocycles. The van der Waals surface area contributed by atoms with Crippen LogP contribution >= 0.6 is 0 Å². The van der Waals surface area contributed by atoms with Gasteiger partial charge in [0.2, 0.25) is 0 Å². The maximum atomic E-state index is 11.1. The Morgan fingerprint density at radius 1 is 1.36 bits per heavy atom. The van der Waals surface area contributed by atoms with E-state index in [2.05, 4.69) is 0 Å². The minimum Gasteiger partial charge on any atom is -0.508 e. The van der Waals surface area contributed by atoms with Crippen LogP contribution in [-0.2, 0) is 10.2 Å². The van der Waals surface area contributed by atoms with E-state index in [1.54, 1.807) is 19.1 Å². The first-order valence-corrected chi connectivity index (χ1v) is 4.71. The highest BCUT2D eigenvalue weighted by Crippen LogP contribution is 2.33. The molecule has 0 spiro atoms. The molecule has 0 aliphatic rings. The minimum atomic E-state index is -0.294. The number of rotatable bonds is 3. The molecule has 2 nitrogen and oxygen atoms in total. The van der Waals surface area contributed by atoms with Gasteiger partial charge in [-0.25, -0.2) is 0 Å². The molecule has 0 saturated heterocycles. The predicted octanol–water partition coefficient (Wildman–Crippen LogP) is 2.65. The molecule has 0 radical (unpaired) electrons. The lowest BCUT2D eigenvalue weighted by atomic mass is 9.80. The zero-order chi connectivity index (χ0) is 10.8. The van der Waals surface area contributed by atoms with Gasteiger partial charge in [-0.2, -0.15) is 0 Å². The maximum Gasteiger partial charge on any atom is 0.130 e. The van der Waals surface area contributed by atoms with Gasteiger partial charge < -0.3 is 5.11 Å². The van der Waals surface area contributed by atoms with E-state index in [9.17, 15) is 9.90 Å². The maximum absolute atomic E-state index is 11.1. The van der Waals surface area contributed by atoms with Gasteiger partial charge in [-0.05, 0) is 18.6 Å². The Labute approximate surface area is 84.6 Å². The SMILES string of the molecule is CC(=O)CC(C)(C)c1ccccc1O. The largest absolute Gasteiger partial charge is 0.508 e. The first-order valence-electron chi connectivity index (χ1n) is 4.71. The summed E-state index contributed by atoms with van der Waals surface area (Å²) in [5, 5.41) is 9.65. The topological polar surface area (TPSA) is 37.3 Å². The summed E-state index contributed by atoms with van der Waals surface area (Å²) in [6.45, 7) is 5.49. The van der Waals surface area contributed by atoms with Crippen molar-refractivity contribution in [2.24, 2.45) is 0 Å². The summed E-state index contributed by atoms with van der Waals surface area (Å²) in [5.41, 5.74) is 0.534. The molecule has 1 aromatic rings. The number of carbonyl (C=O) groups is 1. The Bertz CT molecular complexity index is 340. The zero-order valence-corrected chi connectivity index (χ0v) is 8.87. The fraction of sp³-hybridized carbons (Fsp3) is 0.417. The Balaban J connectivity index is 3.03. The molecule has 0 aliphatic carbocycles. The summed E-state index contributed by atoms with van der Waals surface area (Å²) in [6, 6.07) is 7.16. The van der Waals surface area contributed by atoms with Crippen LogP contribution < -0.4 is 0 Å². The zero-order valence-electron chi connectivity index (χ0n) is 8.87. The van der Waals surface area contributed by atoms with Crippen molar-refractivity contribution in [2.45, 2.75) is 32.6 Å². The van der Waals surface area contributed by atoms with Crippen LogP contribution in [-0.4, -0.2) is 10.9 Å². The van der Waals surface area contributed by atoms with E-state index in [4.69, 9.17) is 0 Å². The van der Waals surface area contributed by atoms with E-state index in [0.717, 1.165) is 5.56 Å². The minimum absolute atomic E-state index is 0.137. The third-order valence-corrected chi connectivity index (χ3v) is 2.32. The summed E-state index contributed by atoms with van der Waals surface area (Å²) < 4.78 is 0. The van der Waals surface area contributed by atoms with Crippen LogP contribution in [0.3, 0.4) is 0 Å². The first kappa shape index (κ1) is 10.8. The highest BCUT2D eigenvalue weighted by molar-refractivity contribution is 5.77. The van der Waals surface area contributed by atoms with Crippen molar-refractivity contribution in [1.29, 1.82) is 0 Å². The van der Waals surface area contributed by atoms with Crippen LogP contribution in [0, 0.1) is 0 Å². The van der Waals surface area contributed by atoms with Gasteiger partial charge in [-0.15, -0.1) is 0 Å². The lowest BCUT2D eigenvalue weighted by molar-refractivity contribution is -0.118. The molecule has 0 fully saturated rings. The molecule has 0 heterocycles. The summed E-state index contributed by atoms with van der Waals surface area (Å²) in [7, 11) is 0. The number of ketones is 1. The fourth-order valence-corrected chi connectivity index (χ4v) is 1.76. The van der Waals surface area contributed by atoms with Crippen molar-refractivity contribution < 1.29 is 9.90 Å². The van der Waals surface area contributed by atoms with Crippen LogP contribution in [0.2, 0.25) is 0 Å². The summed E-state index contributed by atoms with van der Waals surface area (Å²) in [4.78, 5) is 11.1. The van der Waals surface area contributed by atoms with Crippen molar-refractivity contribution in [3.05, 3.63) is 29.8 Å². The standard InChI is InChI=1S/C12H16O2/c1-9(13)8-12(2,3)10-6-4-5-7-11(10)14/h4-7,14H,8H2,1-3H3. The second-order valence-electron chi connectivity index (χ2n) is 4.28. The summed E-state index contributed by atoms with van der Waals surface area (Å²) in [6.07, 6.45) is 0.449. The van der Waals surface area contributed by atoms with Crippen molar-refractivity contribution in [1.82, 2.24) is 0 Å². The van der Waals surface area contributed by atoms with Crippen molar-refractivity contribution >= 4 is 5.78 Å². The lowest BCUT2D eigenvalue weighted by Gasteiger charge is -2.24. The number of hydrogen-bond donors (Lipinski definition) is 1. The quantitative estimate of drug-likeness (QED) is 0.799. The second kappa shape index (κ2) is 3.82. The van der Waals surface area contributed by atoms with Crippen molar-refractivity contribution in [3.63, 3.8) is 0 Å². The fourth-order valence-electron chi connectivity index (χ4n) is 1.76. The number of aromatic hydroxyl groups is 1. The number of Topliss-reactive ketones (excluding diaryl/α,β-unsaturated/α-hetero) is 1. The Kier molecular flexibility index (Phi) is 2.94. The number of carbonyl (C=O) groups excluding carboxylic acids is 1. The molecule has 14 heavy (non-hydrogen) atoms. The van der Waals surface area contributed by atoms with Crippen LogP contribution in [0.1, 0.15) is 32.8 Å². The van der Waals surface area contributed by atoms with E-state index in [1.807, 2.05) is 26.0 Å². The molecule has 76 valence electrons. The number of phenolic OH excluding ortho intramolecular Hbond substituents is 1. The molecule has 1 aromatic carbocycles. The Morgan fingerprint density at radius 2 is 1.93 bits per heavy atom. The van der Waals surface area contributed by atoms with E-state index < -0.39 is 0 Å². The highest BCUT2D eigenvalue weighted by atomic mass is 16.3. The molecule has 0 aliphatic heterocycles. The van der Waals surface area contributed by atoms with Crippen LogP contribution in [0.4, 0.5) is 0 Å². The van der Waals surface area contributed by atoms with E-state index in [0.29, 0.717) is 6.42 Å². The molecule has 0 amide bonds. The molecule has 0 atom stereocenters. The molecule has 2 heteroatoms. The molecule has 1 rings (SSSR count).